The Morgan fingerprint density at radius 1 is 1.00 bits per heavy atom. The predicted molar refractivity (Wildman–Crippen MR) is 69.5 cm³/mol. The van der Waals surface area contributed by atoms with Crippen molar-refractivity contribution < 1.29 is 5.11 Å². The van der Waals surface area contributed by atoms with Gasteiger partial charge in [0, 0.05) is 0 Å². The van der Waals surface area contributed by atoms with E-state index in [2.05, 4.69) is 37.3 Å². The maximum Gasteiger partial charge on any atom is 0.0540 e. The summed E-state index contributed by atoms with van der Waals surface area (Å²) in [5.74, 6) is 0. The number of hydrogen-bond acceptors (Lipinski definition) is 1. The van der Waals surface area contributed by atoms with Crippen LogP contribution in [0.1, 0.15) is 51.0 Å². The van der Waals surface area contributed by atoms with Gasteiger partial charge in [0.2, 0.25) is 0 Å². The lowest BCUT2D eigenvalue weighted by atomic mass is 10.0. The van der Waals surface area contributed by atoms with Crippen molar-refractivity contribution in [3.05, 3.63) is 35.9 Å². The van der Waals surface area contributed by atoms with Gasteiger partial charge in [-0.2, -0.15) is 0 Å². The molecule has 0 heterocycles. The van der Waals surface area contributed by atoms with Gasteiger partial charge in [0.25, 0.3) is 0 Å². The quantitative estimate of drug-likeness (QED) is 0.658. The lowest BCUT2D eigenvalue weighted by Crippen LogP contribution is -2.05. The molecule has 1 heteroatoms. The van der Waals surface area contributed by atoms with Crippen LogP contribution in [0, 0.1) is 0 Å². The molecule has 1 N–H and O–H groups in total. The smallest absolute Gasteiger partial charge is 0.0540 e. The van der Waals surface area contributed by atoms with Crippen LogP contribution in [0.25, 0.3) is 0 Å². The molecule has 0 bridgehead atoms. The Morgan fingerprint density at radius 3 is 2.38 bits per heavy atom. The van der Waals surface area contributed by atoms with Crippen molar-refractivity contribution in [3.63, 3.8) is 0 Å². The fourth-order valence-corrected chi connectivity index (χ4v) is 1.94. The van der Waals surface area contributed by atoms with Crippen LogP contribution in [-0.4, -0.2) is 11.2 Å². The molecule has 1 atom stereocenters. The van der Waals surface area contributed by atoms with E-state index in [1.54, 1.807) is 0 Å². The summed E-state index contributed by atoms with van der Waals surface area (Å²) >= 11 is 0. The molecule has 0 amide bonds. The Morgan fingerprint density at radius 2 is 1.69 bits per heavy atom. The summed E-state index contributed by atoms with van der Waals surface area (Å²) in [6.45, 7) is 2.17. The van der Waals surface area contributed by atoms with Gasteiger partial charge in [0.15, 0.2) is 0 Å². The summed E-state index contributed by atoms with van der Waals surface area (Å²) in [5, 5.41) is 9.68. The van der Waals surface area contributed by atoms with Crippen LogP contribution in [0.2, 0.25) is 0 Å². The van der Waals surface area contributed by atoms with Crippen molar-refractivity contribution in [2.24, 2.45) is 0 Å². The van der Waals surface area contributed by atoms with Gasteiger partial charge in [-0.05, 0) is 31.2 Å². The van der Waals surface area contributed by atoms with Gasteiger partial charge in [-0.3, -0.25) is 0 Å². The summed E-state index contributed by atoms with van der Waals surface area (Å²) < 4.78 is 0. The molecular formula is C15H24O. The first-order chi connectivity index (χ1) is 7.83. The number of aryl methyl sites for hydroxylation is 1. The summed E-state index contributed by atoms with van der Waals surface area (Å²) in [5.41, 5.74) is 1.41. The predicted octanol–water partition coefficient (Wildman–Crippen LogP) is 3.95. The SMILES string of the molecule is CCCCC(O)CCCCc1ccccc1. The summed E-state index contributed by atoms with van der Waals surface area (Å²) in [6.07, 6.45) is 7.67. The highest BCUT2D eigenvalue weighted by atomic mass is 16.3. The van der Waals surface area contributed by atoms with Crippen LogP contribution in [0.3, 0.4) is 0 Å². The maximum atomic E-state index is 9.68. The van der Waals surface area contributed by atoms with Crippen molar-refractivity contribution in [2.75, 3.05) is 0 Å². The molecule has 1 aromatic rings. The number of benzene rings is 1. The first-order valence-corrected chi connectivity index (χ1v) is 6.55. The average Bonchev–Trinajstić information content (AvgIpc) is 2.33. The molecule has 0 saturated carbocycles. The van der Waals surface area contributed by atoms with Crippen LogP contribution in [0.15, 0.2) is 30.3 Å². The zero-order valence-electron chi connectivity index (χ0n) is 10.4. The van der Waals surface area contributed by atoms with Crippen molar-refractivity contribution in [1.82, 2.24) is 0 Å². The van der Waals surface area contributed by atoms with Crippen LogP contribution >= 0.6 is 0 Å². The van der Waals surface area contributed by atoms with E-state index in [1.165, 1.54) is 18.4 Å². The topological polar surface area (TPSA) is 20.2 Å². The molecule has 0 aliphatic heterocycles. The minimum atomic E-state index is -0.0734. The second kappa shape index (κ2) is 8.35. The molecule has 0 aliphatic rings. The van der Waals surface area contributed by atoms with Crippen LogP contribution in [0.4, 0.5) is 0 Å². The first-order valence-electron chi connectivity index (χ1n) is 6.55. The molecule has 90 valence electrons. The fourth-order valence-electron chi connectivity index (χ4n) is 1.94. The van der Waals surface area contributed by atoms with Crippen LogP contribution in [-0.2, 0) is 6.42 Å². The van der Waals surface area contributed by atoms with Crippen molar-refractivity contribution >= 4 is 0 Å². The van der Waals surface area contributed by atoms with Gasteiger partial charge in [0.05, 0.1) is 6.10 Å². The molecule has 1 unspecified atom stereocenters. The third kappa shape index (κ3) is 5.92. The van der Waals surface area contributed by atoms with E-state index < -0.39 is 0 Å². The molecule has 1 rings (SSSR count). The number of unbranched alkanes of at least 4 members (excludes halogenated alkanes) is 2. The standard InChI is InChI=1S/C15H24O/c1-2-3-12-15(16)13-8-7-11-14-9-5-4-6-10-14/h4-6,9-10,15-16H,2-3,7-8,11-13H2,1H3. The largest absolute Gasteiger partial charge is 0.393 e. The highest BCUT2D eigenvalue weighted by Crippen LogP contribution is 2.11. The maximum absolute atomic E-state index is 9.68. The minimum Gasteiger partial charge on any atom is -0.393 e. The molecule has 0 saturated heterocycles. The monoisotopic (exact) mass is 220 g/mol. The third-order valence-electron chi connectivity index (χ3n) is 2.99. The minimum absolute atomic E-state index is 0.0734. The molecule has 1 aromatic carbocycles. The Balaban J connectivity index is 2.03. The zero-order valence-corrected chi connectivity index (χ0v) is 10.4. The number of aliphatic hydroxyl groups excluding tert-OH is 1. The summed E-state index contributed by atoms with van der Waals surface area (Å²) in [7, 11) is 0. The van der Waals surface area contributed by atoms with E-state index in [-0.39, 0.29) is 6.10 Å². The average molecular weight is 220 g/mol. The van der Waals surface area contributed by atoms with Gasteiger partial charge in [-0.15, -0.1) is 0 Å². The molecular weight excluding hydrogens is 196 g/mol. The van der Waals surface area contributed by atoms with Gasteiger partial charge in [-0.1, -0.05) is 56.5 Å². The number of rotatable bonds is 8. The molecule has 0 aromatic heterocycles. The second-order valence-electron chi connectivity index (χ2n) is 4.53. The normalized spacial score (nSPS) is 12.6. The van der Waals surface area contributed by atoms with E-state index in [4.69, 9.17) is 0 Å². The van der Waals surface area contributed by atoms with E-state index in [0.717, 1.165) is 32.1 Å². The third-order valence-corrected chi connectivity index (χ3v) is 2.99. The van der Waals surface area contributed by atoms with Crippen molar-refractivity contribution in [2.45, 2.75) is 58.0 Å². The van der Waals surface area contributed by atoms with E-state index in [9.17, 15) is 5.11 Å². The first kappa shape index (κ1) is 13.2. The van der Waals surface area contributed by atoms with E-state index in [0.29, 0.717) is 0 Å². The highest BCUT2D eigenvalue weighted by molar-refractivity contribution is 5.14. The lowest BCUT2D eigenvalue weighted by Gasteiger charge is -2.09. The molecule has 0 spiro atoms. The molecule has 0 radical (unpaired) electrons. The van der Waals surface area contributed by atoms with Crippen LogP contribution < -0.4 is 0 Å². The van der Waals surface area contributed by atoms with E-state index in [1.807, 2.05) is 0 Å². The van der Waals surface area contributed by atoms with Crippen molar-refractivity contribution in [1.29, 1.82) is 0 Å². The Labute approximate surface area is 99.5 Å². The second-order valence-corrected chi connectivity index (χ2v) is 4.53. The van der Waals surface area contributed by atoms with Gasteiger partial charge < -0.3 is 5.11 Å². The fraction of sp³-hybridized carbons (Fsp3) is 0.600. The summed E-state index contributed by atoms with van der Waals surface area (Å²) in [4.78, 5) is 0. The van der Waals surface area contributed by atoms with Gasteiger partial charge in [0.1, 0.15) is 0 Å². The number of aliphatic hydroxyl groups is 1. The van der Waals surface area contributed by atoms with Gasteiger partial charge >= 0.3 is 0 Å². The highest BCUT2D eigenvalue weighted by Gasteiger charge is 2.02. The Bertz CT molecular complexity index is 255. The lowest BCUT2D eigenvalue weighted by molar-refractivity contribution is 0.148. The van der Waals surface area contributed by atoms with Crippen molar-refractivity contribution in [3.8, 4) is 0 Å². The van der Waals surface area contributed by atoms with Gasteiger partial charge in [-0.25, -0.2) is 0 Å². The Hall–Kier alpha value is -0.820. The van der Waals surface area contributed by atoms with E-state index >= 15 is 0 Å². The summed E-state index contributed by atoms with van der Waals surface area (Å²) in [6, 6.07) is 10.6. The number of hydrogen-bond donors (Lipinski definition) is 1. The zero-order chi connectivity index (χ0) is 11.6. The molecule has 0 aliphatic carbocycles. The van der Waals surface area contributed by atoms with Crippen LogP contribution in [0.5, 0.6) is 0 Å². The Kier molecular flexibility index (Phi) is 6.91. The molecule has 0 fully saturated rings. The molecule has 1 nitrogen and oxygen atoms in total. The molecule has 16 heavy (non-hydrogen) atoms.